The number of aliphatic carboxylic acids is 3. The van der Waals surface area contributed by atoms with Crippen molar-refractivity contribution in [2.75, 3.05) is 59.0 Å². The van der Waals surface area contributed by atoms with Crippen LogP contribution in [0, 0.1) is 0 Å². The Labute approximate surface area is 234 Å². The molecule has 13 N–H and O–H groups in total. The molecule has 0 radical (unpaired) electrons. The molecule has 0 fully saturated rings. The summed E-state index contributed by atoms with van der Waals surface area (Å²) in [5.74, 6) is -6.28. The van der Waals surface area contributed by atoms with Crippen molar-refractivity contribution >= 4 is 29.7 Å². The van der Waals surface area contributed by atoms with Crippen LogP contribution in [0.5, 0.6) is 0 Å². The summed E-state index contributed by atoms with van der Waals surface area (Å²) in [6, 6.07) is -2.90. The lowest BCUT2D eigenvalue weighted by Crippen LogP contribution is -2.54. The molecule has 19 nitrogen and oxygen atoms in total. The topological polar surface area (TPSA) is 329 Å². The molecule has 0 rings (SSSR count). The lowest BCUT2D eigenvalue weighted by molar-refractivity contribution is -0.142. The van der Waals surface area contributed by atoms with Crippen molar-refractivity contribution in [3.8, 4) is 0 Å². The van der Waals surface area contributed by atoms with Crippen molar-refractivity contribution in [2.24, 2.45) is 11.5 Å². The summed E-state index contributed by atoms with van der Waals surface area (Å²) < 4.78 is 0. The Morgan fingerprint density at radius 3 is 1.10 bits per heavy atom. The quantitative estimate of drug-likeness (QED) is 0.0490. The molecule has 0 aliphatic heterocycles. The van der Waals surface area contributed by atoms with E-state index in [1.807, 2.05) is 0 Å². The second-order valence-corrected chi connectivity index (χ2v) is 9.34. The van der Waals surface area contributed by atoms with E-state index < -0.39 is 112 Å². The van der Waals surface area contributed by atoms with Gasteiger partial charge in [-0.2, -0.15) is 0 Å². The first-order valence-corrected chi connectivity index (χ1v) is 12.4. The highest BCUT2D eigenvalue weighted by molar-refractivity contribution is 5.81. The van der Waals surface area contributed by atoms with Crippen LogP contribution >= 0.6 is 0 Å². The number of aliphatic hydroxyl groups is 6. The van der Waals surface area contributed by atoms with Crippen LogP contribution in [0.15, 0.2) is 0 Å². The maximum absolute atomic E-state index is 12.1. The largest absolute Gasteiger partial charge is 0.480 e. The molecule has 0 spiro atoms. The number of hydrogen-bond acceptors (Lipinski definition) is 14. The Hall–Kier alpha value is -3.01. The van der Waals surface area contributed by atoms with E-state index in [9.17, 15) is 59.7 Å². The fraction of sp³-hybridized carbons (Fsp3) is 0.773. The summed E-state index contributed by atoms with van der Waals surface area (Å²) >= 11 is 0. The zero-order valence-corrected chi connectivity index (χ0v) is 22.3. The number of nitrogens with zero attached hydrogens (tertiary/aromatic N) is 3. The van der Waals surface area contributed by atoms with Crippen molar-refractivity contribution in [2.45, 2.75) is 49.3 Å². The van der Waals surface area contributed by atoms with Gasteiger partial charge in [0.2, 0.25) is 11.8 Å². The Bertz CT molecular complexity index is 805. The average molecular weight is 600 g/mol. The van der Waals surface area contributed by atoms with E-state index in [-0.39, 0.29) is 26.2 Å². The number of nitrogens with two attached hydrogens (primary N) is 2. The van der Waals surface area contributed by atoms with E-state index in [1.165, 1.54) is 4.90 Å². The highest BCUT2D eigenvalue weighted by Gasteiger charge is 2.33. The number of primary amides is 2. The summed E-state index contributed by atoms with van der Waals surface area (Å²) in [6.45, 7) is -5.02. The molecule has 0 bridgehead atoms. The van der Waals surface area contributed by atoms with Crippen LogP contribution in [0.25, 0.3) is 0 Å². The number of carboxylic acids is 3. The fourth-order valence-corrected chi connectivity index (χ4v) is 3.94. The minimum absolute atomic E-state index is 0.240. The molecule has 238 valence electrons. The Kier molecular flexibility index (Phi) is 17.8. The van der Waals surface area contributed by atoms with E-state index in [2.05, 4.69) is 0 Å². The van der Waals surface area contributed by atoms with E-state index in [0.29, 0.717) is 0 Å². The summed E-state index contributed by atoms with van der Waals surface area (Å²) in [6.07, 6.45) is -7.72. The average Bonchev–Trinajstić information content (AvgIpc) is 2.87. The number of aliphatic hydroxyl groups excluding tert-OH is 6. The molecule has 6 atom stereocenters. The van der Waals surface area contributed by atoms with E-state index in [0.717, 1.165) is 9.80 Å². The van der Waals surface area contributed by atoms with Crippen molar-refractivity contribution in [3.63, 3.8) is 0 Å². The third kappa shape index (κ3) is 15.0. The molecule has 41 heavy (non-hydrogen) atoms. The van der Waals surface area contributed by atoms with Crippen LogP contribution in [-0.2, 0) is 24.0 Å². The smallest absolute Gasteiger partial charge is 0.317 e. The monoisotopic (exact) mass is 599 g/mol. The highest BCUT2D eigenvalue weighted by Crippen LogP contribution is 2.13. The van der Waals surface area contributed by atoms with Crippen molar-refractivity contribution in [1.29, 1.82) is 0 Å². The molecule has 0 heterocycles. The SMILES string of the molecule is NC(=O)C(CC(O)C(O)CO)N(CCN(CCN(CC(=O)O)C(CC(O)C(O)CO)C(N)=O)CC(=O)O)CC(=O)O. The van der Waals surface area contributed by atoms with E-state index in [1.54, 1.807) is 0 Å². The van der Waals surface area contributed by atoms with Crippen LogP contribution < -0.4 is 11.5 Å². The first-order chi connectivity index (χ1) is 19.0. The van der Waals surface area contributed by atoms with Gasteiger partial charge in [0.05, 0.1) is 57.1 Å². The minimum atomic E-state index is -1.65. The third-order valence-corrected chi connectivity index (χ3v) is 6.17. The van der Waals surface area contributed by atoms with Gasteiger partial charge in [-0.05, 0) is 0 Å². The number of hydrogen-bond donors (Lipinski definition) is 11. The summed E-state index contributed by atoms with van der Waals surface area (Å²) in [5, 5.41) is 85.3. The number of carbonyl (C=O) groups excluding carboxylic acids is 2. The molecule has 0 saturated carbocycles. The summed E-state index contributed by atoms with van der Waals surface area (Å²) in [5.41, 5.74) is 10.7. The predicted molar refractivity (Wildman–Crippen MR) is 136 cm³/mol. The van der Waals surface area contributed by atoms with Gasteiger partial charge < -0.3 is 57.4 Å². The molecule has 19 heteroatoms. The zero-order chi connectivity index (χ0) is 31.9. The maximum atomic E-state index is 12.1. The van der Waals surface area contributed by atoms with Crippen LogP contribution in [-0.4, -0.2) is 186 Å². The van der Waals surface area contributed by atoms with Gasteiger partial charge in [-0.15, -0.1) is 0 Å². The van der Waals surface area contributed by atoms with Crippen LogP contribution in [0.3, 0.4) is 0 Å². The number of rotatable bonds is 24. The summed E-state index contributed by atoms with van der Waals surface area (Å²) in [4.78, 5) is 61.7. The molecular weight excluding hydrogens is 558 g/mol. The first-order valence-electron chi connectivity index (χ1n) is 12.4. The highest BCUT2D eigenvalue weighted by atomic mass is 16.4. The van der Waals surface area contributed by atoms with Gasteiger partial charge in [0.15, 0.2) is 0 Å². The Balaban J connectivity index is 5.87. The van der Waals surface area contributed by atoms with E-state index >= 15 is 0 Å². The Morgan fingerprint density at radius 1 is 0.537 bits per heavy atom. The lowest BCUT2D eigenvalue weighted by Gasteiger charge is -2.34. The Morgan fingerprint density at radius 2 is 0.854 bits per heavy atom. The standard InChI is InChI=1S/C22H41N5O14/c23-21(40)12(5-14(30)16(32)10-28)26(8-19(36)37)3-1-25(7-18(34)35)2-4-27(9-20(38)39)13(22(24)41)6-15(31)17(33)11-29/h12-17,28-33H,1-11H2,(H2,23,40)(H2,24,41)(H,34,35)(H,36,37)(H,38,39). The molecule has 0 aromatic rings. The fourth-order valence-electron chi connectivity index (χ4n) is 3.94. The molecule has 0 aliphatic carbocycles. The molecule has 0 aliphatic rings. The minimum Gasteiger partial charge on any atom is -0.480 e. The van der Waals surface area contributed by atoms with Gasteiger partial charge >= 0.3 is 17.9 Å². The van der Waals surface area contributed by atoms with Gasteiger partial charge in [0.1, 0.15) is 12.2 Å². The van der Waals surface area contributed by atoms with Crippen LogP contribution in [0.4, 0.5) is 0 Å². The summed E-state index contributed by atoms with van der Waals surface area (Å²) in [7, 11) is 0. The predicted octanol–water partition coefficient (Wildman–Crippen LogP) is -6.94. The number of amides is 2. The second-order valence-electron chi connectivity index (χ2n) is 9.34. The van der Waals surface area contributed by atoms with E-state index in [4.69, 9.17) is 21.7 Å². The molecule has 6 unspecified atom stereocenters. The second kappa shape index (κ2) is 19.2. The maximum Gasteiger partial charge on any atom is 0.317 e. The van der Waals surface area contributed by atoms with Crippen molar-refractivity contribution < 1.29 is 69.9 Å². The number of carbonyl (C=O) groups is 5. The van der Waals surface area contributed by atoms with Crippen LogP contribution in [0.1, 0.15) is 12.8 Å². The van der Waals surface area contributed by atoms with Gasteiger partial charge in [-0.1, -0.05) is 0 Å². The van der Waals surface area contributed by atoms with Gasteiger partial charge in [-0.3, -0.25) is 38.7 Å². The molecule has 0 aromatic heterocycles. The van der Waals surface area contributed by atoms with Crippen molar-refractivity contribution in [1.82, 2.24) is 14.7 Å². The third-order valence-electron chi connectivity index (χ3n) is 6.17. The molecule has 0 saturated heterocycles. The first kappa shape index (κ1) is 38.0. The zero-order valence-electron chi connectivity index (χ0n) is 22.3. The molecule has 0 aromatic carbocycles. The van der Waals surface area contributed by atoms with Gasteiger partial charge in [0.25, 0.3) is 0 Å². The molecular formula is C22H41N5O14. The molecule has 2 amide bonds. The van der Waals surface area contributed by atoms with Gasteiger partial charge in [0, 0.05) is 39.0 Å². The van der Waals surface area contributed by atoms with Crippen LogP contribution in [0.2, 0.25) is 0 Å². The van der Waals surface area contributed by atoms with Gasteiger partial charge in [-0.25, -0.2) is 0 Å². The lowest BCUT2D eigenvalue weighted by atomic mass is 10.0. The van der Waals surface area contributed by atoms with Crippen molar-refractivity contribution in [3.05, 3.63) is 0 Å². The number of carboxylic acid groups (broad SMARTS) is 3. The normalized spacial score (nSPS) is 16.2.